The van der Waals surface area contributed by atoms with Gasteiger partial charge in [0.05, 0.1) is 0 Å². The van der Waals surface area contributed by atoms with Gasteiger partial charge in [-0.15, -0.1) is 0 Å². The molecule has 0 radical (unpaired) electrons. The van der Waals surface area contributed by atoms with Crippen molar-refractivity contribution in [1.29, 1.82) is 0 Å². The van der Waals surface area contributed by atoms with Gasteiger partial charge >= 0.3 is 6.03 Å². The second kappa shape index (κ2) is 6.58. The third-order valence-corrected chi connectivity index (χ3v) is 3.31. The number of urea groups is 1. The molecule has 2 aromatic rings. The lowest BCUT2D eigenvalue weighted by atomic mass is 10.0. The van der Waals surface area contributed by atoms with Crippen LogP contribution in [0.2, 0.25) is 0 Å². The topological polar surface area (TPSA) is 87.4 Å². The summed E-state index contributed by atoms with van der Waals surface area (Å²) in [6.45, 7) is 5.84. The first kappa shape index (κ1) is 15.3. The summed E-state index contributed by atoms with van der Waals surface area (Å²) in [6, 6.07) is 4.96. The van der Waals surface area contributed by atoms with Crippen molar-refractivity contribution in [2.45, 2.75) is 33.2 Å². The molecule has 1 heterocycles. The predicted molar refractivity (Wildman–Crippen MR) is 81.2 cm³/mol. The SMILES string of the molecule is Cc1nc2ccc(NC(=O)NC(CCO)C(C)C)cc2o1. The first-order chi connectivity index (χ1) is 9.99. The molecule has 3 N–H and O–H groups in total. The summed E-state index contributed by atoms with van der Waals surface area (Å²) in [5, 5.41) is 14.6. The lowest BCUT2D eigenvalue weighted by Gasteiger charge is -2.21. The number of rotatable bonds is 5. The molecular weight excluding hydrogens is 270 g/mol. The van der Waals surface area contributed by atoms with Crippen LogP contribution in [-0.2, 0) is 0 Å². The second-order valence-electron chi connectivity index (χ2n) is 5.38. The molecule has 0 saturated carbocycles. The van der Waals surface area contributed by atoms with Gasteiger partial charge in [-0.2, -0.15) is 0 Å². The van der Waals surface area contributed by atoms with Crippen LogP contribution >= 0.6 is 0 Å². The molecule has 0 aliphatic heterocycles. The summed E-state index contributed by atoms with van der Waals surface area (Å²) >= 11 is 0. The fourth-order valence-corrected chi connectivity index (χ4v) is 2.16. The minimum Gasteiger partial charge on any atom is -0.441 e. The second-order valence-corrected chi connectivity index (χ2v) is 5.38. The summed E-state index contributed by atoms with van der Waals surface area (Å²) in [7, 11) is 0. The Balaban J connectivity index is 2.03. The van der Waals surface area contributed by atoms with E-state index in [2.05, 4.69) is 15.6 Å². The number of nitrogens with one attached hydrogen (secondary N) is 2. The number of oxazole rings is 1. The highest BCUT2D eigenvalue weighted by atomic mass is 16.3. The number of aromatic nitrogens is 1. The number of amides is 2. The van der Waals surface area contributed by atoms with E-state index >= 15 is 0 Å². The smallest absolute Gasteiger partial charge is 0.319 e. The molecule has 2 amide bonds. The van der Waals surface area contributed by atoms with Crippen LogP contribution in [0.1, 0.15) is 26.2 Å². The molecule has 1 atom stereocenters. The van der Waals surface area contributed by atoms with Crippen molar-refractivity contribution in [2.24, 2.45) is 5.92 Å². The highest BCUT2D eigenvalue weighted by molar-refractivity contribution is 5.91. The normalized spacial score (nSPS) is 12.6. The Morgan fingerprint density at radius 2 is 2.19 bits per heavy atom. The fraction of sp³-hybridized carbons (Fsp3) is 0.467. The van der Waals surface area contributed by atoms with Gasteiger partial charge in [0, 0.05) is 31.3 Å². The molecule has 0 bridgehead atoms. The van der Waals surface area contributed by atoms with E-state index in [1.807, 2.05) is 13.8 Å². The zero-order valence-corrected chi connectivity index (χ0v) is 12.5. The largest absolute Gasteiger partial charge is 0.441 e. The van der Waals surface area contributed by atoms with Gasteiger partial charge in [-0.25, -0.2) is 9.78 Å². The molecule has 114 valence electrons. The first-order valence-electron chi connectivity index (χ1n) is 7.05. The van der Waals surface area contributed by atoms with Crippen LogP contribution in [-0.4, -0.2) is 28.8 Å². The van der Waals surface area contributed by atoms with E-state index in [1.54, 1.807) is 25.1 Å². The molecule has 0 aliphatic carbocycles. The van der Waals surface area contributed by atoms with E-state index in [0.717, 1.165) is 5.52 Å². The number of anilines is 1. The number of carbonyl (C=O) groups excluding carboxylic acids is 1. The number of hydrogen-bond acceptors (Lipinski definition) is 4. The van der Waals surface area contributed by atoms with Crippen molar-refractivity contribution in [2.75, 3.05) is 11.9 Å². The number of benzene rings is 1. The lowest BCUT2D eigenvalue weighted by Crippen LogP contribution is -2.41. The molecule has 6 heteroatoms. The third kappa shape index (κ3) is 3.95. The molecule has 21 heavy (non-hydrogen) atoms. The Labute approximate surface area is 123 Å². The minimum atomic E-state index is -0.294. The Morgan fingerprint density at radius 3 is 2.86 bits per heavy atom. The average Bonchev–Trinajstić information content (AvgIpc) is 2.77. The summed E-state index contributed by atoms with van der Waals surface area (Å²) in [4.78, 5) is 16.2. The van der Waals surface area contributed by atoms with Crippen LogP contribution in [0, 0.1) is 12.8 Å². The maximum Gasteiger partial charge on any atom is 0.319 e. The Morgan fingerprint density at radius 1 is 1.43 bits per heavy atom. The van der Waals surface area contributed by atoms with Gasteiger partial charge in [0.25, 0.3) is 0 Å². The molecule has 1 unspecified atom stereocenters. The van der Waals surface area contributed by atoms with Crippen molar-refractivity contribution in [1.82, 2.24) is 10.3 Å². The maximum absolute atomic E-state index is 12.0. The summed E-state index contributed by atoms with van der Waals surface area (Å²) in [5.74, 6) is 0.844. The van der Waals surface area contributed by atoms with Gasteiger partial charge in [-0.1, -0.05) is 13.8 Å². The van der Waals surface area contributed by atoms with Crippen molar-refractivity contribution in [3.05, 3.63) is 24.1 Å². The van der Waals surface area contributed by atoms with E-state index in [4.69, 9.17) is 9.52 Å². The summed E-state index contributed by atoms with van der Waals surface area (Å²) < 4.78 is 5.43. The first-order valence-corrected chi connectivity index (χ1v) is 7.05. The standard InChI is InChI=1S/C15H21N3O3/c1-9(2)12(6-7-19)18-15(20)17-11-4-5-13-14(8-11)21-10(3)16-13/h4-5,8-9,12,19H,6-7H2,1-3H3,(H2,17,18,20). The van der Waals surface area contributed by atoms with Crippen molar-refractivity contribution >= 4 is 22.8 Å². The van der Waals surface area contributed by atoms with E-state index in [1.165, 1.54) is 0 Å². The van der Waals surface area contributed by atoms with E-state index in [0.29, 0.717) is 23.6 Å². The fourth-order valence-electron chi connectivity index (χ4n) is 2.16. The van der Waals surface area contributed by atoms with Crippen molar-refractivity contribution < 1.29 is 14.3 Å². The van der Waals surface area contributed by atoms with Gasteiger partial charge in [0.15, 0.2) is 11.5 Å². The number of carbonyl (C=O) groups is 1. The van der Waals surface area contributed by atoms with Gasteiger partial charge in [-0.3, -0.25) is 0 Å². The number of aliphatic hydroxyl groups is 1. The average molecular weight is 291 g/mol. The molecule has 2 rings (SSSR count). The molecule has 0 spiro atoms. The number of nitrogens with zero attached hydrogens (tertiary/aromatic N) is 1. The van der Waals surface area contributed by atoms with Gasteiger partial charge in [0.1, 0.15) is 5.52 Å². The van der Waals surface area contributed by atoms with Crippen LogP contribution in [0.3, 0.4) is 0 Å². The number of aliphatic hydroxyl groups excluding tert-OH is 1. The maximum atomic E-state index is 12.0. The van der Waals surface area contributed by atoms with Gasteiger partial charge in [0.2, 0.25) is 0 Å². The number of aryl methyl sites for hydroxylation is 1. The lowest BCUT2D eigenvalue weighted by molar-refractivity contribution is 0.227. The van der Waals surface area contributed by atoms with Crippen molar-refractivity contribution in [3.63, 3.8) is 0 Å². The highest BCUT2D eigenvalue weighted by Gasteiger charge is 2.15. The molecule has 1 aromatic carbocycles. The number of hydrogen-bond donors (Lipinski definition) is 3. The van der Waals surface area contributed by atoms with Crippen molar-refractivity contribution in [3.8, 4) is 0 Å². The number of fused-ring (bicyclic) bond motifs is 1. The molecule has 0 aliphatic rings. The van der Waals surface area contributed by atoms with Gasteiger partial charge in [-0.05, 0) is 24.5 Å². The van der Waals surface area contributed by atoms with Crippen LogP contribution in [0.25, 0.3) is 11.1 Å². The third-order valence-electron chi connectivity index (χ3n) is 3.31. The van der Waals surface area contributed by atoms with Crippen LogP contribution in [0.5, 0.6) is 0 Å². The Hall–Kier alpha value is -2.08. The van der Waals surface area contributed by atoms with Crippen LogP contribution in [0.15, 0.2) is 22.6 Å². The summed E-state index contributed by atoms with van der Waals surface area (Å²) in [6.07, 6.45) is 0.533. The zero-order chi connectivity index (χ0) is 15.4. The quantitative estimate of drug-likeness (QED) is 0.790. The molecule has 0 fully saturated rings. The zero-order valence-electron chi connectivity index (χ0n) is 12.5. The van der Waals surface area contributed by atoms with E-state index < -0.39 is 0 Å². The molecule has 0 saturated heterocycles. The summed E-state index contributed by atoms with van der Waals surface area (Å²) in [5.41, 5.74) is 2.04. The molecule has 1 aromatic heterocycles. The van der Waals surface area contributed by atoms with E-state index in [9.17, 15) is 4.79 Å². The Kier molecular flexibility index (Phi) is 4.80. The Bertz CT molecular complexity index is 622. The van der Waals surface area contributed by atoms with Crippen LogP contribution < -0.4 is 10.6 Å². The van der Waals surface area contributed by atoms with E-state index in [-0.39, 0.29) is 24.6 Å². The monoisotopic (exact) mass is 291 g/mol. The van der Waals surface area contributed by atoms with Crippen LogP contribution in [0.4, 0.5) is 10.5 Å². The van der Waals surface area contributed by atoms with Gasteiger partial charge < -0.3 is 20.2 Å². The molecule has 6 nitrogen and oxygen atoms in total. The minimum absolute atomic E-state index is 0.0480. The molecular formula is C15H21N3O3. The predicted octanol–water partition coefficient (Wildman–Crippen LogP) is 2.66. The highest BCUT2D eigenvalue weighted by Crippen LogP contribution is 2.19.